The van der Waals surface area contributed by atoms with E-state index < -0.39 is 0 Å². The van der Waals surface area contributed by atoms with Gasteiger partial charge in [-0.05, 0) is 92.6 Å². The number of hydrogen-bond acceptors (Lipinski definition) is 2. The van der Waals surface area contributed by atoms with E-state index in [-0.39, 0.29) is 18.6 Å². The Morgan fingerprint density at radius 3 is 1.65 bits per heavy atom. The van der Waals surface area contributed by atoms with E-state index in [2.05, 4.69) is 210 Å². The topological polar surface area (TPSA) is 6.48 Å². The average molecular weight is 651 g/mol. The van der Waals surface area contributed by atoms with Gasteiger partial charge in [0.25, 0.3) is 0 Å². The van der Waals surface area contributed by atoms with Crippen LogP contribution in [-0.2, 0) is 0 Å². The Kier molecular flexibility index (Phi) is 7.09. The smallest absolute Gasteiger partial charge is 0.228 e. The summed E-state index contributed by atoms with van der Waals surface area (Å²) >= 11 is 0. The predicted molar refractivity (Wildman–Crippen MR) is 217 cm³/mol. The number of allylic oxidation sites excluding steroid dienone is 2. The van der Waals surface area contributed by atoms with Gasteiger partial charge in [0, 0.05) is 28.4 Å². The van der Waals surface area contributed by atoms with Crippen molar-refractivity contribution in [3.63, 3.8) is 0 Å². The first-order chi connectivity index (χ1) is 25.3. The lowest BCUT2D eigenvalue weighted by molar-refractivity contribution is 0.776. The fourth-order valence-electron chi connectivity index (χ4n) is 8.85. The molecular weight excluding hydrogens is 615 g/mol. The zero-order valence-corrected chi connectivity index (χ0v) is 28.2. The van der Waals surface area contributed by atoms with E-state index in [4.69, 9.17) is 0 Å². The van der Waals surface area contributed by atoms with Gasteiger partial charge in [-0.15, -0.1) is 0 Å². The molecule has 10 rings (SSSR count). The molecule has 240 valence electrons. The molecule has 2 aliphatic heterocycles. The highest BCUT2D eigenvalue weighted by Gasteiger charge is 2.51. The second-order valence-electron chi connectivity index (χ2n) is 13.6. The van der Waals surface area contributed by atoms with Crippen LogP contribution in [0.25, 0.3) is 27.8 Å². The van der Waals surface area contributed by atoms with Crippen molar-refractivity contribution in [3.8, 4) is 22.3 Å². The largest absolute Gasteiger partial charge is 0.335 e. The third-order valence-electron chi connectivity index (χ3n) is 10.9. The fraction of sp³-hybridized carbons (Fsp3) is 0.0417. The van der Waals surface area contributed by atoms with Gasteiger partial charge in [-0.1, -0.05) is 158 Å². The van der Waals surface area contributed by atoms with Crippen LogP contribution in [0, 0.1) is 0 Å². The summed E-state index contributed by atoms with van der Waals surface area (Å²) in [5, 5.41) is 0. The molecule has 0 spiro atoms. The molecule has 51 heavy (non-hydrogen) atoms. The lowest BCUT2D eigenvalue weighted by atomic mass is 9.27. The van der Waals surface area contributed by atoms with Crippen LogP contribution >= 0.6 is 0 Å². The van der Waals surface area contributed by atoms with Gasteiger partial charge in [0.15, 0.2) is 0 Å². The molecule has 0 bridgehead atoms. The zero-order valence-electron chi connectivity index (χ0n) is 28.2. The van der Waals surface area contributed by atoms with Crippen molar-refractivity contribution in [2.24, 2.45) is 0 Å². The van der Waals surface area contributed by atoms with E-state index in [1.165, 1.54) is 72.8 Å². The number of hydrogen-bond donors (Lipinski definition) is 0. The SMILES string of the molecule is C1=CC2C(B3c4c(-c5ccccc5)cccc4N(c4ccccc4)c4cccc(c43)N2c2ccc(-c3ccccc3)cc2)C(c2ccccc2)=C1. The molecule has 2 heterocycles. The van der Waals surface area contributed by atoms with Crippen molar-refractivity contribution in [1.29, 1.82) is 0 Å². The van der Waals surface area contributed by atoms with Crippen LogP contribution in [0.3, 0.4) is 0 Å². The molecule has 0 N–H and O–H groups in total. The Labute approximate surface area is 300 Å². The fourth-order valence-corrected chi connectivity index (χ4v) is 8.85. The van der Waals surface area contributed by atoms with E-state index in [1.54, 1.807) is 0 Å². The lowest BCUT2D eigenvalue weighted by Gasteiger charge is -2.51. The van der Waals surface area contributed by atoms with Gasteiger partial charge in [-0.25, -0.2) is 0 Å². The number of benzene rings is 7. The molecule has 3 aliphatic rings. The monoisotopic (exact) mass is 650 g/mol. The van der Waals surface area contributed by atoms with Crippen molar-refractivity contribution < 1.29 is 0 Å². The Morgan fingerprint density at radius 1 is 0.412 bits per heavy atom. The first kappa shape index (κ1) is 29.6. The highest BCUT2D eigenvalue weighted by atomic mass is 15.2. The summed E-state index contributed by atoms with van der Waals surface area (Å²) in [7, 11) is 0. The van der Waals surface area contributed by atoms with Gasteiger partial charge in [-0.2, -0.15) is 0 Å². The van der Waals surface area contributed by atoms with Gasteiger partial charge in [0.05, 0.1) is 6.04 Å². The molecule has 0 saturated heterocycles. The maximum Gasteiger partial charge on any atom is 0.228 e. The Balaban J connectivity index is 1.26. The molecular formula is C48H35BN2. The molecule has 0 saturated carbocycles. The van der Waals surface area contributed by atoms with E-state index in [9.17, 15) is 0 Å². The molecule has 7 aromatic carbocycles. The summed E-state index contributed by atoms with van der Waals surface area (Å²) in [4.78, 5) is 5.11. The molecule has 0 fully saturated rings. The van der Waals surface area contributed by atoms with E-state index in [0.717, 1.165) is 0 Å². The molecule has 0 radical (unpaired) electrons. The highest BCUT2D eigenvalue weighted by molar-refractivity contribution is 6.93. The Hall–Kier alpha value is -6.32. The standard InChI is InChI=1S/C48H35BN2/c1-5-16-34(17-6-1)35-30-32-39(33-31-35)51-43-27-14-25-41(37-20-9-3-10-21-37)47(43)49-46-40(36-18-7-2-8-19-36)24-13-26-42(46)50(38-22-11-4-12-23-38)44-28-15-29-45(51)48(44)49/h1-33,43,47H. The van der Waals surface area contributed by atoms with Crippen LogP contribution in [-0.4, -0.2) is 12.8 Å². The second-order valence-corrected chi connectivity index (χ2v) is 13.6. The van der Waals surface area contributed by atoms with Crippen LogP contribution in [0.1, 0.15) is 5.56 Å². The molecule has 1 aliphatic carbocycles. The summed E-state index contributed by atoms with van der Waals surface area (Å²) in [5.74, 6) is 0.154. The van der Waals surface area contributed by atoms with Crippen LogP contribution in [0.5, 0.6) is 0 Å². The zero-order chi connectivity index (χ0) is 33.7. The summed E-state index contributed by atoms with van der Waals surface area (Å²) < 4.78 is 0. The van der Waals surface area contributed by atoms with Gasteiger partial charge in [0.2, 0.25) is 6.71 Å². The van der Waals surface area contributed by atoms with E-state index in [1.807, 2.05) is 0 Å². The minimum Gasteiger partial charge on any atom is -0.335 e. The Bertz CT molecular complexity index is 2420. The molecule has 0 aromatic heterocycles. The summed E-state index contributed by atoms with van der Waals surface area (Å²) in [6.45, 7) is 0.115. The second kappa shape index (κ2) is 12.2. The van der Waals surface area contributed by atoms with Crippen molar-refractivity contribution in [3.05, 3.63) is 206 Å². The van der Waals surface area contributed by atoms with Crippen molar-refractivity contribution in [2.45, 2.75) is 11.9 Å². The maximum absolute atomic E-state index is 2.61. The number of para-hydroxylation sites is 1. The summed E-state index contributed by atoms with van der Waals surface area (Å²) in [6, 6.07) is 66.7. The molecule has 2 nitrogen and oxygen atoms in total. The van der Waals surface area contributed by atoms with Crippen LogP contribution in [0.15, 0.2) is 200 Å². The first-order valence-corrected chi connectivity index (χ1v) is 17.9. The highest BCUT2D eigenvalue weighted by Crippen LogP contribution is 2.52. The molecule has 2 atom stereocenters. The quantitative estimate of drug-likeness (QED) is 0.171. The maximum atomic E-state index is 2.61. The van der Waals surface area contributed by atoms with Crippen LogP contribution < -0.4 is 20.7 Å². The van der Waals surface area contributed by atoms with Gasteiger partial charge >= 0.3 is 0 Å². The summed E-state index contributed by atoms with van der Waals surface area (Å²) in [6.07, 6.45) is 7.09. The average Bonchev–Trinajstić information content (AvgIpc) is 3.21. The first-order valence-electron chi connectivity index (χ1n) is 17.9. The number of nitrogens with zero attached hydrogens (tertiary/aromatic N) is 2. The number of anilines is 5. The van der Waals surface area contributed by atoms with Crippen LogP contribution in [0.2, 0.25) is 5.82 Å². The number of fused-ring (bicyclic) bond motifs is 4. The van der Waals surface area contributed by atoms with E-state index >= 15 is 0 Å². The minimum absolute atomic E-state index is 0.0977. The van der Waals surface area contributed by atoms with Crippen molar-refractivity contribution in [1.82, 2.24) is 0 Å². The number of rotatable bonds is 5. The van der Waals surface area contributed by atoms with Crippen molar-refractivity contribution in [2.75, 3.05) is 9.80 Å². The molecule has 2 unspecified atom stereocenters. The summed E-state index contributed by atoms with van der Waals surface area (Å²) in [5.41, 5.74) is 16.5. The van der Waals surface area contributed by atoms with Crippen molar-refractivity contribution >= 4 is 51.6 Å². The minimum atomic E-state index is 0.0977. The predicted octanol–water partition coefficient (Wildman–Crippen LogP) is 11.0. The third-order valence-corrected chi connectivity index (χ3v) is 10.9. The van der Waals surface area contributed by atoms with E-state index in [0.29, 0.717) is 0 Å². The van der Waals surface area contributed by atoms with Gasteiger partial charge in [-0.3, -0.25) is 0 Å². The van der Waals surface area contributed by atoms with Gasteiger partial charge in [0.1, 0.15) is 0 Å². The molecule has 0 amide bonds. The normalized spacial score (nSPS) is 16.9. The lowest BCUT2D eigenvalue weighted by Crippen LogP contribution is -2.62. The third kappa shape index (κ3) is 4.81. The molecule has 7 aromatic rings. The van der Waals surface area contributed by atoms with Crippen LogP contribution in [0.4, 0.5) is 28.4 Å². The molecule has 3 heteroatoms. The van der Waals surface area contributed by atoms with Gasteiger partial charge < -0.3 is 9.80 Å². The Morgan fingerprint density at radius 2 is 0.961 bits per heavy atom.